The molecular formula is C16H14F4N6O3S. The van der Waals surface area contributed by atoms with E-state index >= 15 is 0 Å². The van der Waals surface area contributed by atoms with Crippen molar-refractivity contribution in [1.29, 1.82) is 0 Å². The van der Waals surface area contributed by atoms with Crippen LogP contribution in [0.4, 0.5) is 23.5 Å². The first-order chi connectivity index (χ1) is 14.0. The molecule has 0 fully saturated rings. The fourth-order valence-electron chi connectivity index (χ4n) is 2.31. The van der Waals surface area contributed by atoms with E-state index in [-0.39, 0.29) is 23.9 Å². The molecule has 1 unspecified atom stereocenters. The molecule has 160 valence electrons. The number of sulfonamides is 1. The number of nitrogens with one attached hydrogen (secondary N) is 2. The van der Waals surface area contributed by atoms with Crippen molar-refractivity contribution < 1.29 is 30.5 Å². The van der Waals surface area contributed by atoms with E-state index in [4.69, 9.17) is 0 Å². The van der Waals surface area contributed by atoms with Crippen LogP contribution in [0.1, 0.15) is 17.5 Å². The zero-order chi connectivity index (χ0) is 21.9. The Bertz CT molecular complexity index is 1100. The Hall–Kier alpha value is -3.13. The summed E-state index contributed by atoms with van der Waals surface area (Å²) in [7, 11) is -3.50. The predicted octanol–water partition coefficient (Wildman–Crippen LogP) is 2.39. The van der Waals surface area contributed by atoms with E-state index < -0.39 is 33.9 Å². The molecule has 0 saturated carbocycles. The van der Waals surface area contributed by atoms with Crippen LogP contribution in [0.15, 0.2) is 41.2 Å². The lowest BCUT2D eigenvalue weighted by Crippen LogP contribution is -2.31. The van der Waals surface area contributed by atoms with Gasteiger partial charge in [0.25, 0.3) is 0 Å². The first kappa shape index (κ1) is 21.6. The molecule has 1 aromatic carbocycles. The lowest BCUT2D eigenvalue weighted by atomic mass is 10.1. The topological polar surface area (TPSA) is 123 Å². The third-order valence-corrected chi connectivity index (χ3v) is 4.39. The van der Waals surface area contributed by atoms with E-state index in [1.807, 2.05) is 0 Å². The van der Waals surface area contributed by atoms with Crippen LogP contribution in [0.2, 0.25) is 0 Å². The molecule has 14 heteroatoms. The Balaban J connectivity index is 1.79. The van der Waals surface area contributed by atoms with Crippen LogP contribution >= 0.6 is 0 Å². The Morgan fingerprint density at radius 1 is 1.13 bits per heavy atom. The maximum absolute atomic E-state index is 13.2. The predicted molar refractivity (Wildman–Crippen MR) is 95.9 cm³/mol. The van der Waals surface area contributed by atoms with Crippen LogP contribution in [0, 0.1) is 5.82 Å². The van der Waals surface area contributed by atoms with E-state index in [1.54, 1.807) is 0 Å². The van der Waals surface area contributed by atoms with Gasteiger partial charge in [-0.25, -0.2) is 27.5 Å². The minimum atomic E-state index is -4.78. The maximum atomic E-state index is 13.2. The van der Waals surface area contributed by atoms with Gasteiger partial charge < -0.3 is 9.84 Å². The fraction of sp³-hybridized carbons (Fsp3) is 0.250. The molecule has 0 aliphatic heterocycles. The minimum absolute atomic E-state index is 0.0444. The molecule has 0 aliphatic rings. The summed E-state index contributed by atoms with van der Waals surface area (Å²) in [6, 6.07) is 4.69. The highest BCUT2D eigenvalue weighted by atomic mass is 32.2. The van der Waals surface area contributed by atoms with Crippen molar-refractivity contribution in [3.05, 3.63) is 53.9 Å². The number of nitrogens with zero attached hydrogens (tertiary/aromatic N) is 4. The molecule has 2 aromatic heterocycles. The smallest absolute Gasteiger partial charge is 0.346 e. The van der Waals surface area contributed by atoms with Crippen molar-refractivity contribution in [3.8, 4) is 11.4 Å². The van der Waals surface area contributed by atoms with E-state index in [0.29, 0.717) is 5.56 Å². The molecule has 0 saturated heterocycles. The van der Waals surface area contributed by atoms with E-state index in [0.717, 1.165) is 6.26 Å². The summed E-state index contributed by atoms with van der Waals surface area (Å²) in [5, 5.41) is 6.12. The van der Waals surface area contributed by atoms with Crippen LogP contribution in [0.5, 0.6) is 0 Å². The average molecular weight is 446 g/mol. The lowest BCUT2D eigenvalue weighted by molar-refractivity contribution is -0.159. The molecule has 9 nitrogen and oxygen atoms in total. The highest BCUT2D eigenvalue weighted by Crippen LogP contribution is 2.29. The number of rotatable bonds is 7. The van der Waals surface area contributed by atoms with Crippen LogP contribution in [0.3, 0.4) is 0 Å². The highest BCUT2D eigenvalue weighted by Gasteiger charge is 2.38. The van der Waals surface area contributed by atoms with Crippen LogP contribution in [0.25, 0.3) is 11.4 Å². The molecule has 0 radical (unpaired) electrons. The molecule has 3 aromatic rings. The third-order valence-electron chi connectivity index (χ3n) is 3.70. The molecule has 1 atom stereocenters. The van der Waals surface area contributed by atoms with Gasteiger partial charge in [-0.15, -0.1) is 0 Å². The summed E-state index contributed by atoms with van der Waals surface area (Å²) in [4.78, 5) is 11.2. The summed E-state index contributed by atoms with van der Waals surface area (Å²) in [5.74, 6) is -2.26. The molecule has 2 N–H and O–H groups in total. The van der Waals surface area contributed by atoms with Gasteiger partial charge in [0, 0.05) is 18.9 Å². The number of hydrogen-bond acceptors (Lipinski definition) is 8. The summed E-state index contributed by atoms with van der Waals surface area (Å²) in [6.07, 6.45) is -1.44. The molecule has 0 bridgehead atoms. The SMILES string of the molecule is CS(=O)(=O)NCC(Nc1ncc(-c2noc(C(F)(F)F)n2)cn1)c1ccc(F)cc1. The summed E-state index contributed by atoms with van der Waals surface area (Å²) >= 11 is 0. The van der Waals surface area contributed by atoms with Gasteiger partial charge in [0.1, 0.15) is 5.82 Å². The van der Waals surface area contributed by atoms with Crippen molar-refractivity contribution in [2.75, 3.05) is 18.1 Å². The molecule has 0 spiro atoms. The first-order valence-corrected chi connectivity index (χ1v) is 10.1. The second kappa shape index (κ2) is 8.31. The van der Waals surface area contributed by atoms with Crippen LogP contribution < -0.4 is 10.0 Å². The number of alkyl halides is 3. The zero-order valence-corrected chi connectivity index (χ0v) is 16.0. The number of aromatic nitrogens is 4. The number of halogens is 4. The molecule has 0 aliphatic carbocycles. The van der Waals surface area contributed by atoms with Crippen molar-refractivity contribution in [2.45, 2.75) is 12.2 Å². The van der Waals surface area contributed by atoms with Crippen molar-refractivity contribution in [3.63, 3.8) is 0 Å². The Labute approximate surface area is 167 Å². The van der Waals surface area contributed by atoms with Gasteiger partial charge >= 0.3 is 12.1 Å². The summed E-state index contributed by atoms with van der Waals surface area (Å²) in [5.41, 5.74) is 0.626. The number of benzene rings is 1. The van der Waals surface area contributed by atoms with Gasteiger partial charge in [-0.1, -0.05) is 17.3 Å². The molecule has 30 heavy (non-hydrogen) atoms. The van der Waals surface area contributed by atoms with Gasteiger partial charge in [-0.2, -0.15) is 18.2 Å². The molecule has 2 heterocycles. The standard InChI is InChI=1S/C16H14F4N6O3S/c1-30(27,28)23-8-12(9-2-4-11(17)5-3-9)24-15-21-6-10(7-22-15)13-25-14(29-26-13)16(18,19)20/h2-7,12,23H,8H2,1H3,(H,21,22,24). The molecular weight excluding hydrogens is 432 g/mol. The molecule has 3 rings (SSSR count). The van der Waals surface area contributed by atoms with Gasteiger partial charge in [0.15, 0.2) is 0 Å². The van der Waals surface area contributed by atoms with Crippen LogP contribution in [-0.2, 0) is 16.2 Å². The molecule has 0 amide bonds. The van der Waals surface area contributed by atoms with Gasteiger partial charge in [-0.3, -0.25) is 0 Å². The lowest BCUT2D eigenvalue weighted by Gasteiger charge is -2.19. The largest absolute Gasteiger partial charge is 0.471 e. The van der Waals surface area contributed by atoms with Gasteiger partial charge in [0.05, 0.1) is 17.9 Å². The van der Waals surface area contributed by atoms with Gasteiger partial charge in [-0.05, 0) is 17.7 Å². The van der Waals surface area contributed by atoms with E-state index in [1.165, 1.54) is 36.7 Å². The van der Waals surface area contributed by atoms with Crippen molar-refractivity contribution in [2.24, 2.45) is 0 Å². The minimum Gasteiger partial charge on any atom is -0.346 e. The fourth-order valence-corrected chi connectivity index (χ4v) is 2.78. The quantitative estimate of drug-likeness (QED) is 0.531. The van der Waals surface area contributed by atoms with E-state index in [2.05, 4.69) is 34.7 Å². The first-order valence-electron chi connectivity index (χ1n) is 8.21. The second-order valence-corrected chi connectivity index (χ2v) is 7.92. The average Bonchev–Trinajstić information content (AvgIpc) is 3.16. The Morgan fingerprint density at radius 3 is 2.30 bits per heavy atom. The Kier molecular flexibility index (Phi) is 5.98. The van der Waals surface area contributed by atoms with Crippen LogP contribution in [-0.4, -0.2) is 41.3 Å². The Morgan fingerprint density at radius 2 is 1.77 bits per heavy atom. The number of hydrogen-bond donors (Lipinski definition) is 2. The zero-order valence-electron chi connectivity index (χ0n) is 15.2. The highest BCUT2D eigenvalue weighted by molar-refractivity contribution is 7.88. The second-order valence-electron chi connectivity index (χ2n) is 6.09. The monoisotopic (exact) mass is 446 g/mol. The van der Waals surface area contributed by atoms with Crippen molar-refractivity contribution >= 4 is 16.0 Å². The van der Waals surface area contributed by atoms with Gasteiger partial charge in [0.2, 0.25) is 21.8 Å². The maximum Gasteiger partial charge on any atom is 0.471 e. The van der Waals surface area contributed by atoms with Crippen molar-refractivity contribution in [1.82, 2.24) is 24.8 Å². The normalized spacial score (nSPS) is 13.2. The summed E-state index contributed by atoms with van der Waals surface area (Å²) in [6.45, 7) is -0.0879. The summed E-state index contributed by atoms with van der Waals surface area (Å²) < 4.78 is 80.2. The third kappa shape index (κ3) is 5.70. The number of anilines is 1. The van der Waals surface area contributed by atoms with E-state index in [9.17, 15) is 26.0 Å².